The molecule has 26 heavy (non-hydrogen) atoms. The second kappa shape index (κ2) is 7.20. The van der Waals surface area contributed by atoms with Gasteiger partial charge in [-0.2, -0.15) is 0 Å². The topological polar surface area (TPSA) is 90.3 Å². The predicted molar refractivity (Wildman–Crippen MR) is 96.4 cm³/mol. The Kier molecular flexibility index (Phi) is 4.78. The summed E-state index contributed by atoms with van der Waals surface area (Å²) in [5.41, 5.74) is 2.81. The van der Waals surface area contributed by atoms with Crippen molar-refractivity contribution in [1.82, 2.24) is 15.4 Å². The van der Waals surface area contributed by atoms with Crippen molar-refractivity contribution in [3.8, 4) is 0 Å². The van der Waals surface area contributed by atoms with Crippen molar-refractivity contribution >= 4 is 17.6 Å². The van der Waals surface area contributed by atoms with Gasteiger partial charge in [0.1, 0.15) is 5.82 Å². The summed E-state index contributed by atoms with van der Waals surface area (Å²) in [6.07, 6.45) is 4.41. The number of hydroxylamine groups is 1. The zero-order chi connectivity index (χ0) is 18.1. The molecule has 4 rings (SSSR count). The van der Waals surface area contributed by atoms with Crippen LogP contribution in [0.2, 0.25) is 0 Å². The number of rotatable bonds is 3. The monoisotopic (exact) mass is 359 g/mol. The van der Waals surface area contributed by atoms with Crippen LogP contribution in [0.1, 0.15) is 24.8 Å². The van der Waals surface area contributed by atoms with Gasteiger partial charge in [-0.1, -0.05) is 0 Å². The van der Waals surface area contributed by atoms with Crippen molar-refractivity contribution in [2.24, 2.45) is 10.9 Å². The molecule has 2 N–H and O–H groups in total. The first-order valence-corrected chi connectivity index (χ1v) is 9.19. The van der Waals surface area contributed by atoms with E-state index in [1.807, 2.05) is 12.1 Å². The third-order valence-electron chi connectivity index (χ3n) is 5.74. The molecule has 1 amide bonds. The van der Waals surface area contributed by atoms with Crippen molar-refractivity contribution in [1.29, 1.82) is 0 Å². The van der Waals surface area contributed by atoms with Gasteiger partial charge in [-0.05, 0) is 31.4 Å². The molecule has 3 fully saturated rings. The van der Waals surface area contributed by atoms with Gasteiger partial charge in [-0.25, -0.2) is 4.98 Å². The highest BCUT2D eigenvalue weighted by Gasteiger charge is 2.46. The van der Waals surface area contributed by atoms with Gasteiger partial charge < -0.3 is 14.5 Å². The minimum Gasteiger partial charge on any atom is -0.381 e. The van der Waals surface area contributed by atoms with E-state index in [0.717, 1.165) is 43.7 Å². The van der Waals surface area contributed by atoms with Crippen LogP contribution >= 0.6 is 0 Å². The Hall–Kier alpha value is -2.19. The van der Waals surface area contributed by atoms with E-state index in [1.165, 1.54) is 0 Å². The number of likely N-dealkylation sites (tertiary alicyclic amines) is 1. The summed E-state index contributed by atoms with van der Waals surface area (Å²) in [4.78, 5) is 25.7. The number of nitrogens with zero attached hydrogens (tertiary/aromatic N) is 4. The molecular formula is C18H25N5O3. The number of ether oxygens (including phenoxy) is 1. The van der Waals surface area contributed by atoms with Gasteiger partial charge in [0.15, 0.2) is 5.84 Å². The molecule has 0 saturated carbocycles. The number of aliphatic imine (C=N–C) groups is 1. The number of carbonyl (C=O) groups is 1. The Labute approximate surface area is 152 Å². The molecule has 0 spiro atoms. The summed E-state index contributed by atoms with van der Waals surface area (Å²) in [5.74, 6) is 1.74. The van der Waals surface area contributed by atoms with Crippen LogP contribution in [0.25, 0.3) is 0 Å². The van der Waals surface area contributed by atoms with Crippen LogP contribution in [0.4, 0.5) is 5.82 Å². The molecule has 0 aromatic carbocycles. The number of piperazine rings is 1. The average Bonchev–Trinajstić information content (AvgIpc) is 3.30. The molecule has 2 bridgehead atoms. The van der Waals surface area contributed by atoms with Crippen LogP contribution in [0.15, 0.2) is 23.3 Å². The van der Waals surface area contributed by atoms with Gasteiger partial charge in [0.05, 0.1) is 12.1 Å². The molecule has 1 aromatic heterocycles. The maximum absolute atomic E-state index is 12.8. The largest absolute Gasteiger partial charge is 0.381 e. The van der Waals surface area contributed by atoms with Gasteiger partial charge in [0.2, 0.25) is 5.91 Å². The third-order valence-corrected chi connectivity index (χ3v) is 5.74. The standard InChI is InChI=1S/C18H25N5O3/c1-19-17(21-25)13-2-3-16(20-9-13)22-10-15-8-14(22)11-23(15)18(24)12-4-6-26-7-5-12/h2-3,9,12,14-15,25H,4-8,10-11H2,1H3,(H,19,21)/t14-,15-/m0/s1. The highest BCUT2D eigenvalue weighted by atomic mass is 16.5. The number of fused-ring (bicyclic) bond motifs is 2. The van der Waals surface area contributed by atoms with Crippen LogP contribution < -0.4 is 10.4 Å². The molecule has 3 aliphatic rings. The highest BCUT2D eigenvalue weighted by Crippen LogP contribution is 2.35. The lowest BCUT2D eigenvalue weighted by Crippen LogP contribution is -2.51. The second-order valence-electron chi connectivity index (χ2n) is 7.16. The zero-order valence-electron chi connectivity index (χ0n) is 15.0. The first-order valence-electron chi connectivity index (χ1n) is 9.19. The van der Waals surface area contributed by atoms with Crippen LogP contribution in [0.3, 0.4) is 0 Å². The van der Waals surface area contributed by atoms with Crippen LogP contribution in [0.5, 0.6) is 0 Å². The van der Waals surface area contributed by atoms with Crippen LogP contribution in [-0.4, -0.2) is 72.3 Å². The molecule has 8 heteroatoms. The Morgan fingerprint density at radius 3 is 2.69 bits per heavy atom. The molecule has 0 unspecified atom stereocenters. The van der Waals surface area contributed by atoms with E-state index in [1.54, 1.807) is 13.2 Å². The quantitative estimate of drug-likeness (QED) is 0.468. The Morgan fingerprint density at radius 1 is 1.31 bits per heavy atom. The fraction of sp³-hybridized carbons (Fsp3) is 0.611. The predicted octanol–water partition coefficient (Wildman–Crippen LogP) is 0.653. The van der Waals surface area contributed by atoms with E-state index >= 15 is 0 Å². The van der Waals surface area contributed by atoms with Crippen molar-refractivity contribution < 1.29 is 14.7 Å². The lowest BCUT2D eigenvalue weighted by atomic mass is 9.98. The maximum atomic E-state index is 12.8. The van der Waals surface area contributed by atoms with Crippen molar-refractivity contribution in [2.45, 2.75) is 31.3 Å². The summed E-state index contributed by atoms with van der Waals surface area (Å²) in [6.45, 7) is 3.02. The van der Waals surface area contributed by atoms with Gasteiger partial charge in [0.25, 0.3) is 0 Å². The van der Waals surface area contributed by atoms with Crippen molar-refractivity contribution in [3.63, 3.8) is 0 Å². The highest BCUT2D eigenvalue weighted by molar-refractivity contribution is 5.97. The van der Waals surface area contributed by atoms with E-state index in [0.29, 0.717) is 31.0 Å². The van der Waals surface area contributed by atoms with E-state index in [-0.39, 0.29) is 12.0 Å². The lowest BCUT2D eigenvalue weighted by molar-refractivity contribution is -0.139. The average molecular weight is 359 g/mol. The number of carbonyl (C=O) groups excluding carboxylic acids is 1. The number of aromatic nitrogens is 1. The van der Waals surface area contributed by atoms with E-state index in [9.17, 15) is 4.79 Å². The lowest BCUT2D eigenvalue weighted by Gasteiger charge is -2.37. The number of nitrogens with one attached hydrogen (secondary N) is 1. The minimum absolute atomic E-state index is 0.131. The molecule has 3 saturated heterocycles. The Balaban J connectivity index is 1.41. The summed E-state index contributed by atoms with van der Waals surface area (Å²) in [7, 11) is 1.61. The first kappa shape index (κ1) is 17.2. The summed E-state index contributed by atoms with van der Waals surface area (Å²) in [5, 5.41) is 9.07. The normalized spacial score (nSPS) is 26.5. The summed E-state index contributed by atoms with van der Waals surface area (Å²) in [6, 6.07) is 4.45. The molecule has 3 aliphatic heterocycles. The molecular weight excluding hydrogens is 334 g/mol. The fourth-order valence-corrected chi connectivity index (χ4v) is 4.34. The number of amides is 1. The number of amidine groups is 1. The van der Waals surface area contributed by atoms with E-state index < -0.39 is 0 Å². The third kappa shape index (κ3) is 3.03. The molecule has 140 valence electrons. The van der Waals surface area contributed by atoms with Gasteiger partial charge in [-0.15, -0.1) is 0 Å². The number of anilines is 1. The molecule has 0 aliphatic carbocycles. The molecule has 0 radical (unpaired) electrons. The molecule has 4 heterocycles. The molecule has 2 atom stereocenters. The molecule has 1 aromatic rings. The fourth-order valence-electron chi connectivity index (χ4n) is 4.34. The van der Waals surface area contributed by atoms with E-state index in [2.05, 4.69) is 25.3 Å². The van der Waals surface area contributed by atoms with Gasteiger partial charge >= 0.3 is 0 Å². The number of hydrogen-bond acceptors (Lipinski definition) is 6. The molecule has 8 nitrogen and oxygen atoms in total. The number of pyridine rings is 1. The second-order valence-corrected chi connectivity index (χ2v) is 7.16. The first-order chi connectivity index (χ1) is 12.7. The van der Waals surface area contributed by atoms with Gasteiger partial charge in [0, 0.05) is 51.0 Å². The Morgan fingerprint density at radius 2 is 2.12 bits per heavy atom. The van der Waals surface area contributed by atoms with Crippen molar-refractivity contribution in [3.05, 3.63) is 23.9 Å². The summed E-state index contributed by atoms with van der Waals surface area (Å²) >= 11 is 0. The van der Waals surface area contributed by atoms with Crippen molar-refractivity contribution in [2.75, 3.05) is 38.3 Å². The maximum Gasteiger partial charge on any atom is 0.226 e. The van der Waals surface area contributed by atoms with E-state index in [4.69, 9.17) is 9.94 Å². The minimum atomic E-state index is 0.131. The summed E-state index contributed by atoms with van der Waals surface area (Å²) < 4.78 is 5.38. The smallest absolute Gasteiger partial charge is 0.226 e. The SMILES string of the molecule is CN=C(NO)c1ccc(N2C[C@@H]3C[C@H]2CN3C(=O)C2CCOCC2)nc1. The number of hydrogen-bond donors (Lipinski definition) is 2. The zero-order valence-corrected chi connectivity index (χ0v) is 15.0. The Bertz CT molecular complexity index is 687. The van der Waals surface area contributed by atoms with Crippen LogP contribution in [0, 0.1) is 5.92 Å². The van der Waals surface area contributed by atoms with Crippen LogP contribution in [-0.2, 0) is 9.53 Å². The van der Waals surface area contributed by atoms with Gasteiger partial charge in [-0.3, -0.25) is 20.5 Å².